The summed E-state index contributed by atoms with van der Waals surface area (Å²) in [5.74, 6) is -1.97. The van der Waals surface area contributed by atoms with Gasteiger partial charge in [0.1, 0.15) is 0 Å². The van der Waals surface area contributed by atoms with E-state index in [0.29, 0.717) is 0 Å². The Labute approximate surface area is 92.7 Å². The maximum absolute atomic E-state index is 10.7. The van der Waals surface area contributed by atoms with Gasteiger partial charge in [0.25, 0.3) is 0 Å². The van der Waals surface area contributed by atoms with Crippen molar-refractivity contribution in [2.45, 2.75) is 0 Å². The Hall–Kier alpha value is -2.36. The van der Waals surface area contributed by atoms with Crippen LogP contribution in [0.25, 0.3) is 6.08 Å². The summed E-state index contributed by atoms with van der Waals surface area (Å²) >= 11 is 0. The molecule has 0 unspecified atom stereocenters. The van der Waals surface area contributed by atoms with E-state index in [1.807, 2.05) is 30.3 Å². The summed E-state index contributed by atoms with van der Waals surface area (Å²) in [6.45, 7) is 0. The van der Waals surface area contributed by atoms with E-state index in [4.69, 9.17) is 10.8 Å². The molecule has 4 heteroatoms. The molecule has 0 bridgehead atoms. The van der Waals surface area contributed by atoms with Crippen molar-refractivity contribution in [3.63, 3.8) is 0 Å². The molecule has 0 heterocycles. The number of carbonyl (C=O) groups is 2. The number of benzene rings is 1. The molecule has 3 N–H and O–H groups in total. The Kier molecular flexibility index (Phi) is 4.03. The average molecular weight is 217 g/mol. The number of primary amides is 1. The molecule has 1 aromatic rings. The second kappa shape index (κ2) is 5.50. The fraction of sp³-hybridized carbons (Fsp3) is 0. The first-order valence-corrected chi connectivity index (χ1v) is 4.57. The van der Waals surface area contributed by atoms with Crippen LogP contribution in [-0.2, 0) is 9.59 Å². The van der Waals surface area contributed by atoms with Gasteiger partial charge in [-0.15, -0.1) is 0 Å². The number of aliphatic carboxylic acids is 1. The highest BCUT2D eigenvalue weighted by Gasteiger charge is 2.04. The van der Waals surface area contributed by atoms with E-state index in [9.17, 15) is 9.59 Å². The van der Waals surface area contributed by atoms with Gasteiger partial charge in [-0.2, -0.15) is 0 Å². The molecule has 0 fully saturated rings. The molecule has 0 radical (unpaired) electrons. The lowest BCUT2D eigenvalue weighted by Crippen LogP contribution is -2.10. The minimum Gasteiger partial charge on any atom is -0.478 e. The van der Waals surface area contributed by atoms with Crippen LogP contribution in [0.4, 0.5) is 0 Å². The molecule has 4 nitrogen and oxygen atoms in total. The molecule has 82 valence electrons. The molecule has 0 aliphatic carbocycles. The van der Waals surface area contributed by atoms with Crippen molar-refractivity contribution < 1.29 is 14.7 Å². The van der Waals surface area contributed by atoms with Crippen molar-refractivity contribution in [2.24, 2.45) is 5.73 Å². The molecule has 0 spiro atoms. The molecule has 0 aromatic heterocycles. The van der Waals surface area contributed by atoms with E-state index in [2.05, 4.69) is 0 Å². The number of hydrogen-bond donors (Lipinski definition) is 2. The fourth-order valence-electron chi connectivity index (χ4n) is 1.08. The van der Waals surface area contributed by atoms with Crippen LogP contribution in [-0.4, -0.2) is 17.0 Å². The molecule has 0 saturated heterocycles. The van der Waals surface area contributed by atoms with Gasteiger partial charge in [0, 0.05) is 6.08 Å². The molecular weight excluding hydrogens is 206 g/mol. The normalized spacial score (nSPS) is 11.6. The van der Waals surface area contributed by atoms with Crippen molar-refractivity contribution in [1.29, 1.82) is 0 Å². The summed E-state index contributed by atoms with van der Waals surface area (Å²) in [4.78, 5) is 21.3. The lowest BCUT2D eigenvalue weighted by atomic mass is 10.1. The van der Waals surface area contributed by atoms with Gasteiger partial charge in [-0.05, 0) is 11.6 Å². The molecule has 0 aliphatic rings. The van der Waals surface area contributed by atoms with Gasteiger partial charge in [0.15, 0.2) is 0 Å². The number of carboxylic acids is 1. The number of carbonyl (C=O) groups excluding carboxylic acids is 1. The van der Waals surface area contributed by atoms with Crippen molar-refractivity contribution in [3.8, 4) is 0 Å². The number of nitrogens with two attached hydrogens (primary N) is 1. The summed E-state index contributed by atoms with van der Waals surface area (Å²) in [6.07, 6.45) is 3.81. The minimum atomic E-state index is -1.19. The quantitative estimate of drug-likeness (QED) is 0.587. The van der Waals surface area contributed by atoms with Crippen LogP contribution in [0, 0.1) is 0 Å². The zero-order chi connectivity index (χ0) is 12.0. The van der Waals surface area contributed by atoms with Gasteiger partial charge in [0.05, 0.1) is 5.57 Å². The summed E-state index contributed by atoms with van der Waals surface area (Å²) in [7, 11) is 0. The lowest BCUT2D eigenvalue weighted by molar-refractivity contribution is -0.132. The van der Waals surface area contributed by atoms with Crippen LogP contribution in [0.2, 0.25) is 0 Å². The van der Waals surface area contributed by atoms with Gasteiger partial charge >= 0.3 is 5.97 Å². The van der Waals surface area contributed by atoms with Gasteiger partial charge in [0.2, 0.25) is 5.91 Å². The predicted molar refractivity (Wildman–Crippen MR) is 60.4 cm³/mol. The number of carboxylic acid groups (broad SMARTS) is 1. The van der Waals surface area contributed by atoms with Gasteiger partial charge in [-0.3, -0.25) is 4.79 Å². The first-order chi connectivity index (χ1) is 7.59. The van der Waals surface area contributed by atoms with Crippen molar-refractivity contribution in [2.75, 3.05) is 0 Å². The number of rotatable bonds is 4. The zero-order valence-corrected chi connectivity index (χ0v) is 8.46. The largest absolute Gasteiger partial charge is 0.478 e. The van der Waals surface area contributed by atoms with Gasteiger partial charge in [-0.1, -0.05) is 36.4 Å². The second-order valence-corrected chi connectivity index (χ2v) is 3.05. The average Bonchev–Trinajstić information content (AvgIpc) is 2.25. The maximum Gasteiger partial charge on any atom is 0.335 e. The standard InChI is InChI=1S/C12H11NO3/c13-11(14)8-10(12(15)16)7-6-9-4-2-1-3-5-9/h1-8H,(H2,13,14)(H,15,16)/b7-6+,10-8-. The van der Waals surface area contributed by atoms with Crippen molar-refractivity contribution >= 4 is 18.0 Å². The molecular formula is C12H11NO3. The Morgan fingerprint density at radius 3 is 2.31 bits per heavy atom. The van der Waals surface area contributed by atoms with Crippen LogP contribution < -0.4 is 5.73 Å². The topological polar surface area (TPSA) is 80.4 Å². The molecule has 1 amide bonds. The minimum absolute atomic E-state index is 0.142. The summed E-state index contributed by atoms with van der Waals surface area (Å²) in [5.41, 5.74) is 5.59. The Morgan fingerprint density at radius 1 is 1.19 bits per heavy atom. The molecule has 0 aliphatic heterocycles. The van der Waals surface area contributed by atoms with Crippen LogP contribution in [0.15, 0.2) is 48.1 Å². The van der Waals surface area contributed by atoms with E-state index >= 15 is 0 Å². The molecule has 0 saturated carbocycles. The van der Waals surface area contributed by atoms with E-state index in [1.54, 1.807) is 6.08 Å². The SMILES string of the molecule is NC(=O)/C=C(/C=C/c1ccccc1)C(=O)O. The predicted octanol–water partition coefficient (Wildman–Crippen LogP) is 1.20. The first-order valence-electron chi connectivity index (χ1n) is 4.57. The highest BCUT2D eigenvalue weighted by atomic mass is 16.4. The fourth-order valence-corrected chi connectivity index (χ4v) is 1.08. The van der Waals surface area contributed by atoms with Crippen LogP contribution in [0.5, 0.6) is 0 Å². The second-order valence-electron chi connectivity index (χ2n) is 3.05. The van der Waals surface area contributed by atoms with Crippen molar-refractivity contribution in [3.05, 3.63) is 53.6 Å². The van der Waals surface area contributed by atoms with Crippen LogP contribution in [0.1, 0.15) is 5.56 Å². The Bertz CT molecular complexity index is 447. The maximum atomic E-state index is 10.7. The molecule has 1 rings (SSSR count). The summed E-state index contributed by atoms with van der Waals surface area (Å²) in [6, 6.07) is 9.16. The third-order valence-electron chi connectivity index (χ3n) is 1.80. The van der Waals surface area contributed by atoms with E-state index in [1.165, 1.54) is 6.08 Å². The highest BCUT2D eigenvalue weighted by molar-refractivity contribution is 5.99. The van der Waals surface area contributed by atoms with Crippen LogP contribution >= 0.6 is 0 Å². The highest BCUT2D eigenvalue weighted by Crippen LogP contribution is 2.05. The third kappa shape index (κ3) is 3.79. The van der Waals surface area contributed by atoms with Gasteiger partial charge in [-0.25, -0.2) is 4.79 Å². The number of amides is 1. The summed E-state index contributed by atoms with van der Waals surface area (Å²) in [5, 5.41) is 8.77. The molecule has 16 heavy (non-hydrogen) atoms. The number of hydrogen-bond acceptors (Lipinski definition) is 2. The van der Waals surface area contributed by atoms with Crippen LogP contribution in [0.3, 0.4) is 0 Å². The smallest absolute Gasteiger partial charge is 0.335 e. The van der Waals surface area contributed by atoms with Crippen molar-refractivity contribution in [1.82, 2.24) is 0 Å². The summed E-state index contributed by atoms with van der Waals surface area (Å²) < 4.78 is 0. The molecule has 0 atom stereocenters. The Balaban J connectivity index is 2.89. The molecule has 1 aromatic carbocycles. The van der Waals surface area contributed by atoms with E-state index in [0.717, 1.165) is 11.6 Å². The van der Waals surface area contributed by atoms with Gasteiger partial charge < -0.3 is 10.8 Å². The lowest BCUT2D eigenvalue weighted by Gasteiger charge is -1.94. The first kappa shape index (κ1) is 11.7. The third-order valence-corrected chi connectivity index (χ3v) is 1.80. The Morgan fingerprint density at radius 2 is 1.81 bits per heavy atom. The monoisotopic (exact) mass is 217 g/mol. The van der Waals surface area contributed by atoms with E-state index in [-0.39, 0.29) is 5.57 Å². The van der Waals surface area contributed by atoms with E-state index < -0.39 is 11.9 Å². The zero-order valence-electron chi connectivity index (χ0n) is 8.46.